The predicted molar refractivity (Wildman–Crippen MR) is 110 cm³/mol. The Morgan fingerprint density at radius 3 is 2.50 bits per heavy atom. The summed E-state index contributed by atoms with van der Waals surface area (Å²) in [6, 6.07) is 21.6. The van der Waals surface area contributed by atoms with Crippen LogP contribution in [-0.2, 0) is 18.3 Å². The van der Waals surface area contributed by atoms with Crippen LogP contribution in [0, 0.1) is 0 Å². The molecule has 2 aromatic heterocycles. The number of para-hydroxylation sites is 2. The molecular formula is C23H22N4O. The molecule has 0 aliphatic heterocycles. The van der Waals surface area contributed by atoms with E-state index in [1.165, 1.54) is 0 Å². The van der Waals surface area contributed by atoms with Crippen LogP contribution in [0.2, 0.25) is 0 Å². The Balaban J connectivity index is 1.49. The molecule has 0 aliphatic carbocycles. The van der Waals surface area contributed by atoms with Gasteiger partial charge in [0.05, 0.1) is 17.1 Å². The van der Waals surface area contributed by atoms with Crippen molar-refractivity contribution < 1.29 is 4.79 Å². The van der Waals surface area contributed by atoms with E-state index in [2.05, 4.69) is 19.9 Å². The van der Waals surface area contributed by atoms with Crippen molar-refractivity contribution in [3.8, 4) is 0 Å². The van der Waals surface area contributed by atoms with E-state index in [1.54, 1.807) is 12.4 Å². The van der Waals surface area contributed by atoms with Crippen molar-refractivity contribution in [2.45, 2.75) is 18.9 Å². The Morgan fingerprint density at radius 2 is 1.75 bits per heavy atom. The summed E-state index contributed by atoms with van der Waals surface area (Å²) in [7, 11) is 1.99. The zero-order valence-electron chi connectivity index (χ0n) is 15.7. The summed E-state index contributed by atoms with van der Waals surface area (Å²) in [4.78, 5) is 21.6. The highest BCUT2D eigenvalue weighted by Gasteiger charge is 2.17. The zero-order chi connectivity index (χ0) is 19.3. The highest BCUT2D eigenvalue weighted by atomic mass is 16.1. The van der Waals surface area contributed by atoms with Gasteiger partial charge in [0.1, 0.15) is 5.82 Å². The normalized spacial score (nSPS) is 12.0. The number of amides is 1. The van der Waals surface area contributed by atoms with Crippen molar-refractivity contribution in [1.29, 1.82) is 0 Å². The van der Waals surface area contributed by atoms with Crippen molar-refractivity contribution in [1.82, 2.24) is 19.9 Å². The first-order valence-corrected chi connectivity index (χ1v) is 9.37. The quantitative estimate of drug-likeness (QED) is 0.561. The number of carbonyl (C=O) groups is 1. The third-order valence-corrected chi connectivity index (χ3v) is 4.91. The number of imidazole rings is 1. The number of hydrogen-bond acceptors (Lipinski definition) is 3. The van der Waals surface area contributed by atoms with Crippen LogP contribution in [0.5, 0.6) is 0 Å². The Kier molecular flexibility index (Phi) is 5.15. The second-order valence-electron chi connectivity index (χ2n) is 6.77. The van der Waals surface area contributed by atoms with Gasteiger partial charge in [-0.2, -0.15) is 0 Å². The predicted octanol–water partition coefficient (Wildman–Crippen LogP) is 3.81. The molecule has 0 aliphatic rings. The molecule has 0 radical (unpaired) electrons. The van der Waals surface area contributed by atoms with E-state index >= 15 is 0 Å². The molecule has 0 bridgehead atoms. The first-order chi connectivity index (χ1) is 13.7. The minimum absolute atomic E-state index is 0.00948. The molecule has 1 amide bonds. The van der Waals surface area contributed by atoms with Gasteiger partial charge < -0.3 is 9.88 Å². The molecule has 2 aromatic carbocycles. The number of rotatable bonds is 6. The molecule has 5 nitrogen and oxygen atoms in total. The molecule has 4 aromatic rings. The molecular weight excluding hydrogens is 348 g/mol. The fourth-order valence-corrected chi connectivity index (χ4v) is 3.43. The van der Waals surface area contributed by atoms with Gasteiger partial charge in [-0.3, -0.25) is 9.78 Å². The van der Waals surface area contributed by atoms with E-state index < -0.39 is 0 Å². The third kappa shape index (κ3) is 3.78. The summed E-state index contributed by atoms with van der Waals surface area (Å²) >= 11 is 0. The summed E-state index contributed by atoms with van der Waals surface area (Å²) in [5, 5.41) is 3.16. The summed E-state index contributed by atoms with van der Waals surface area (Å²) in [6.07, 6.45) is 4.49. The maximum Gasteiger partial charge on any atom is 0.221 e. The van der Waals surface area contributed by atoms with E-state index in [4.69, 9.17) is 0 Å². The first kappa shape index (κ1) is 17.9. The van der Waals surface area contributed by atoms with Gasteiger partial charge in [0, 0.05) is 32.3 Å². The lowest BCUT2D eigenvalue weighted by Crippen LogP contribution is -2.29. The Hall–Kier alpha value is -3.47. The van der Waals surface area contributed by atoms with Gasteiger partial charge in [-0.25, -0.2) is 4.98 Å². The molecule has 5 heteroatoms. The van der Waals surface area contributed by atoms with Crippen LogP contribution >= 0.6 is 0 Å². The van der Waals surface area contributed by atoms with Crippen molar-refractivity contribution in [2.24, 2.45) is 7.05 Å². The minimum Gasteiger partial charge on any atom is -0.345 e. The van der Waals surface area contributed by atoms with E-state index in [0.717, 1.165) is 28.0 Å². The van der Waals surface area contributed by atoms with Crippen molar-refractivity contribution in [2.75, 3.05) is 0 Å². The molecule has 0 fully saturated rings. The summed E-state index contributed by atoms with van der Waals surface area (Å²) in [5.41, 5.74) is 4.03. The smallest absolute Gasteiger partial charge is 0.221 e. The molecule has 0 saturated heterocycles. The molecule has 0 spiro atoms. The number of aromatic nitrogens is 3. The average Bonchev–Trinajstić information content (AvgIpc) is 3.07. The number of fused-ring (bicyclic) bond motifs is 1. The Bertz CT molecular complexity index is 1030. The molecule has 1 atom stereocenters. The van der Waals surface area contributed by atoms with Crippen LogP contribution in [-0.4, -0.2) is 20.4 Å². The summed E-state index contributed by atoms with van der Waals surface area (Å²) in [6.45, 7) is 0. The molecule has 1 unspecified atom stereocenters. The van der Waals surface area contributed by atoms with Crippen LogP contribution in [0.25, 0.3) is 11.0 Å². The van der Waals surface area contributed by atoms with Gasteiger partial charge in [-0.15, -0.1) is 0 Å². The molecule has 28 heavy (non-hydrogen) atoms. The van der Waals surface area contributed by atoms with E-state index in [0.29, 0.717) is 12.8 Å². The monoisotopic (exact) mass is 370 g/mol. The van der Waals surface area contributed by atoms with E-state index in [1.807, 2.05) is 73.8 Å². The van der Waals surface area contributed by atoms with Crippen LogP contribution in [0.15, 0.2) is 79.1 Å². The molecule has 140 valence electrons. The number of nitrogens with zero attached hydrogens (tertiary/aromatic N) is 3. The second kappa shape index (κ2) is 8.05. The van der Waals surface area contributed by atoms with Crippen molar-refractivity contribution >= 4 is 16.9 Å². The summed E-state index contributed by atoms with van der Waals surface area (Å²) in [5.74, 6) is 0.902. The fourth-order valence-electron chi connectivity index (χ4n) is 3.43. The number of pyridine rings is 1. The molecule has 1 N–H and O–H groups in total. The van der Waals surface area contributed by atoms with E-state index in [9.17, 15) is 4.79 Å². The highest BCUT2D eigenvalue weighted by molar-refractivity contribution is 5.78. The maximum atomic E-state index is 12.7. The zero-order valence-corrected chi connectivity index (χ0v) is 15.7. The molecule has 2 heterocycles. The lowest BCUT2D eigenvalue weighted by Gasteiger charge is -2.19. The topological polar surface area (TPSA) is 59.8 Å². The van der Waals surface area contributed by atoms with Crippen molar-refractivity contribution in [3.63, 3.8) is 0 Å². The minimum atomic E-state index is -0.220. The lowest BCUT2D eigenvalue weighted by molar-refractivity contribution is -0.121. The largest absolute Gasteiger partial charge is 0.345 e. The fraction of sp³-hybridized carbons (Fsp3) is 0.174. The maximum absolute atomic E-state index is 12.7. The number of carbonyl (C=O) groups excluding carboxylic acids is 1. The molecule has 4 rings (SSSR count). The molecule has 0 saturated carbocycles. The third-order valence-electron chi connectivity index (χ3n) is 4.91. The number of hydrogen-bond donors (Lipinski definition) is 1. The van der Waals surface area contributed by atoms with Crippen molar-refractivity contribution in [3.05, 3.63) is 96.1 Å². The van der Waals surface area contributed by atoms with Crippen LogP contribution < -0.4 is 5.32 Å². The number of aryl methyl sites for hydroxylation is 2. The summed E-state index contributed by atoms with van der Waals surface area (Å²) < 4.78 is 2.05. The highest BCUT2D eigenvalue weighted by Crippen LogP contribution is 2.21. The standard InChI is InChI=1S/C23H22N4O/c1-27-20-12-6-5-11-19(20)25-21(27)13-14-22(28)26-23(17-8-3-2-4-9-17)18-10-7-15-24-16-18/h2-12,15-16,23H,13-14H2,1H3,(H,26,28). The average molecular weight is 370 g/mol. The Labute approximate surface area is 164 Å². The van der Waals surface area contributed by atoms with Gasteiger partial charge in [0.2, 0.25) is 5.91 Å². The van der Waals surface area contributed by atoms with Gasteiger partial charge in [0.25, 0.3) is 0 Å². The second-order valence-corrected chi connectivity index (χ2v) is 6.77. The lowest BCUT2D eigenvalue weighted by atomic mass is 10.00. The van der Waals surface area contributed by atoms with Gasteiger partial charge in [-0.1, -0.05) is 48.5 Å². The Morgan fingerprint density at radius 1 is 1.00 bits per heavy atom. The van der Waals surface area contributed by atoms with Crippen LogP contribution in [0.1, 0.15) is 29.4 Å². The van der Waals surface area contributed by atoms with E-state index in [-0.39, 0.29) is 11.9 Å². The SMILES string of the molecule is Cn1c(CCC(=O)NC(c2ccccc2)c2cccnc2)nc2ccccc21. The van der Waals surface area contributed by atoms with Crippen LogP contribution in [0.4, 0.5) is 0 Å². The number of nitrogens with one attached hydrogen (secondary N) is 1. The van der Waals surface area contributed by atoms with Gasteiger partial charge in [0.15, 0.2) is 0 Å². The first-order valence-electron chi connectivity index (χ1n) is 9.37. The van der Waals surface area contributed by atoms with Gasteiger partial charge in [-0.05, 0) is 29.3 Å². The number of benzene rings is 2. The van der Waals surface area contributed by atoms with Crippen LogP contribution in [0.3, 0.4) is 0 Å². The van der Waals surface area contributed by atoms with Gasteiger partial charge >= 0.3 is 0 Å².